The molecule has 3 nitrogen and oxygen atoms in total. The molecule has 1 aliphatic carbocycles. The summed E-state index contributed by atoms with van der Waals surface area (Å²) in [5.41, 5.74) is 0.0226. The van der Waals surface area contributed by atoms with Crippen LogP contribution in [0.3, 0.4) is 0 Å². The predicted octanol–water partition coefficient (Wildman–Crippen LogP) is 4.01. The van der Waals surface area contributed by atoms with E-state index in [4.69, 9.17) is 9.47 Å². The van der Waals surface area contributed by atoms with Crippen molar-refractivity contribution in [3.05, 3.63) is 0 Å². The van der Waals surface area contributed by atoms with Crippen molar-refractivity contribution in [1.29, 1.82) is 0 Å². The van der Waals surface area contributed by atoms with Gasteiger partial charge < -0.3 is 14.8 Å². The average molecular weight is 299 g/mol. The third-order valence-electron chi connectivity index (χ3n) is 4.95. The van der Waals surface area contributed by atoms with Crippen molar-refractivity contribution in [1.82, 2.24) is 5.32 Å². The van der Waals surface area contributed by atoms with Gasteiger partial charge in [0.15, 0.2) is 0 Å². The molecule has 0 bridgehead atoms. The van der Waals surface area contributed by atoms with Crippen LogP contribution in [-0.2, 0) is 9.47 Å². The van der Waals surface area contributed by atoms with E-state index in [9.17, 15) is 0 Å². The molecule has 4 unspecified atom stereocenters. The molecule has 1 aliphatic rings. The Labute approximate surface area is 132 Å². The molecule has 0 radical (unpaired) electrons. The summed E-state index contributed by atoms with van der Waals surface area (Å²) >= 11 is 0. The SMILES string of the molecule is CCCNC(C(C)CCOC)C1(OCC)CCCC(C)C1. The molecule has 1 rings (SSSR count). The highest BCUT2D eigenvalue weighted by atomic mass is 16.5. The lowest BCUT2D eigenvalue weighted by molar-refractivity contribution is -0.112. The minimum Gasteiger partial charge on any atom is -0.385 e. The van der Waals surface area contributed by atoms with E-state index >= 15 is 0 Å². The van der Waals surface area contributed by atoms with Crippen LogP contribution in [0.2, 0.25) is 0 Å². The number of rotatable bonds is 10. The third kappa shape index (κ3) is 5.54. The number of hydrogen-bond acceptors (Lipinski definition) is 3. The summed E-state index contributed by atoms with van der Waals surface area (Å²) in [6.07, 6.45) is 7.31. The fourth-order valence-electron chi connectivity index (χ4n) is 4.01. The summed E-state index contributed by atoms with van der Waals surface area (Å²) in [5, 5.41) is 3.81. The molecule has 4 atom stereocenters. The van der Waals surface area contributed by atoms with E-state index in [2.05, 4.69) is 33.0 Å². The molecule has 0 amide bonds. The topological polar surface area (TPSA) is 30.5 Å². The maximum Gasteiger partial charge on any atom is 0.0839 e. The smallest absolute Gasteiger partial charge is 0.0839 e. The van der Waals surface area contributed by atoms with Crippen molar-refractivity contribution < 1.29 is 9.47 Å². The molecule has 21 heavy (non-hydrogen) atoms. The van der Waals surface area contributed by atoms with Crippen LogP contribution < -0.4 is 5.32 Å². The van der Waals surface area contributed by atoms with E-state index < -0.39 is 0 Å². The summed E-state index contributed by atoms with van der Waals surface area (Å²) in [5.74, 6) is 1.35. The monoisotopic (exact) mass is 299 g/mol. The Morgan fingerprint density at radius 2 is 2.10 bits per heavy atom. The van der Waals surface area contributed by atoms with Gasteiger partial charge in [0, 0.05) is 26.4 Å². The molecule has 0 aromatic carbocycles. The zero-order chi connectivity index (χ0) is 15.7. The number of methoxy groups -OCH3 is 1. The first-order chi connectivity index (χ1) is 10.1. The summed E-state index contributed by atoms with van der Waals surface area (Å²) in [6.45, 7) is 11.8. The van der Waals surface area contributed by atoms with Gasteiger partial charge in [0.05, 0.1) is 5.60 Å². The molecular weight excluding hydrogens is 262 g/mol. The van der Waals surface area contributed by atoms with Crippen molar-refractivity contribution in [3.8, 4) is 0 Å². The Balaban J connectivity index is 2.87. The summed E-state index contributed by atoms with van der Waals surface area (Å²) < 4.78 is 11.7. The number of nitrogens with one attached hydrogen (secondary N) is 1. The Hall–Kier alpha value is -0.120. The molecule has 0 saturated heterocycles. The predicted molar refractivity (Wildman–Crippen MR) is 89.7 cm³/mol. The van der Waals surface area contributed by atoms with Gasteiger partial charge >= 0.3 is 0 Å². The van der Waals surface area contributed by atoms with E-state index in [1.165, 1.54) is 32.1 Å². The van der Waals surface area contributed by atoms with E-state index in [1.54, 1.807) is 7.11 Å². The van der Waals surface area contributed by atoms with Crippen molar-refractivity contribution in [2.45, 2.75) is 77.9 Å². The fraction of sp³-hybridized carbons (Fsp3) is 1.00. The highest BCUT2D eigenvalue weighted by Gasteiger charge is 2.44. The van der Waals surface area contributed by atoms with E-state index in [0.29, 0.717) is 12.0 Å². The maximum atomic E-state index is 6.40. The van der Waals surface area contributed by atoms with Crippen molar-refractivity contribution in [2.24, 2.45) is 11.8 Å². The molecule has 126 valence electrons. The quantitative estimate of drug-likeness (QED) is 0.661. The van der Waals surface area contributed by atoms with Gasteiger partial charge in [-0.05, 0) is 51.0 Å². The van der Waals surface area contributed by atoms with Crippen molar-refractivity contribution in [2.75, 3.05) is 26.9 Å². The summed E-state index contributed by atoms with van der Waals surface area (Å²) in [6, 6.07) is 0.440. The summed E-state index contributed by atoms with van der Waals surface area (Å²) in [4.78, 5) is 0. The van der Waals surface area contributed by atoms with Crippen LogP contribution in [0.15, 0.2) is 0 Å². The highest BCUT2D eigenvalue weighted by molar-refractivity contribution is 4.99. The second-order valence-corrected chi connectivity index (χ2v) is 6.89. The minimum absolute atomic E-state index is 0.0226. The standard InChI is InChI=1S/C18H37NO2/c1-6-12-19-17(16(4)10-13-20-5)18(21-7-2)11-8-9-15(3)14-18/h15-17,19H,6-14H2,1-5H3. The van der Waals surface area contributed by atoms with Crippen LogP contribution in [0, 0.1) is 11.8 Å². The second kappa shape index (κ2) is 9.81. The first-order valence-corrected chi connectivity index (χ1v) is 8.95. The first kappa shape index (κ1) is 18.9. The Morgan fingerprint density at radius 1 is 1.33 bits per heavy atom. The van der Waals surface area contributed by atoms with E-state index in [0.717, 1.165) is 32.1 Å². The lowest BCUT2D eigenvalue weighted by Crippen LogP contribution is -2.58. The maximum absolute atomic E-state index is 6.40. The van der Waals surface area contributed by atoms with Gasteiger partial charge in [-0.3, -0.25) is 0 Å². The molecule has 1 fully saturated rings. The Morgan fingerprint density at radius 3 is 2.67 bits per heavy atom. The Kier molecular flexibility index (Phi) is 8.84. The van der Waals surface area contributed by atoms with Crippen LogP contribution in [0.25, 0.3) is 0 Å². The van der Waals surface area contributed by atoms with Crippen LogP contribution in [-0.4, -0.2) is 38.5 Å². The van der Waals surface area contributed by atoms with Crippen LogP contribution >= 0.6 is 0 Å². The zero-order valence-electron chi connectivity index (χ0n) is 14.9. The molecular formula is C18H37NO2. The largest absolute Gasteiger partial charge is 0.385 e. The van der Waals surface area contributed by atoms with Crippen LogP contribution in [0.4, 0.5) is 0 Å². The molecule has 0 spiro atoms. The number of hydrogen-bond donors (Lipinski definition) is 1. The minimum atomic E-state index is 0.0226. The van der Waals surface area contributed by atoms with Gasteiger partial charge in [-0.1, -0.05) is 33.6 Å². The van der Waals surface area contributed by atoms with E-state index in [1.807, 2.05) is 0 Å². The fourth-order valence-corrected chi connectivity index (χ4v) is 4.01. The molecule has 3 heteroatoms. The average Bonchev–Trinajstić information content (AvgIpc) is 2.45. The van der Waals surface area contributed by atoms with Gasteiger partial charge in [-0.25, -0.2) is 0 Å². The summed E-state index contributed by atoms with van der Waals surface area (Å²) in [7, 11) is 1.79. The zero-order valence-corrected chi connectivity index (χ0v) is 14.9. The molecule has 1 N–H and O–H groups in total. The third-order valence-corrected chi connectivity index (χ3v) is 4.95. The molecule has 0 aromatic heterocycles. The second-order valence-electron chi connectivity index (χ2n) is 6.89. The van der Waals surface area contributed by atoms with Crippen molar-refractivity contribution >= 4 is 0 Å². The number of ether oxygens (including phenoxy) is 2. The molecule has 0 heterocycles. The van der Waals surface area contributed by atoms with Crippen LogP contribution in [0.5, 0.6) is 0 Å². The molecule has 1 saturated carbocycles. The molecule has 0 aliphatic heterocycles. The van der Waals surface area contributed by atoms with Gasteiger partial charge in [0.2, 0.25) is 0 Å². The van der Waals surface area contributed by atoms with E-state index in [-0.39, 0.29) is 5.60 Å². The first-order valence-electron chi connectivity index (χ1n) is 8.95. The highest BCUT2D eigenvalue weighted by Crippen LogP contribution is 2.40. The van der Waals surface area contributed by atoms with Gasteiger partial charge in [-0.15, -0.1) is 0 Å². The van der Waals surface area contributed by atoms with Gasteiger partial charge in [0.1, 0.15) is 0 Å². The Bertz CT molecular complexity index is 268. The molecule has 0 aromatic rings. The lowest BCUT2D eigenvalue weighted by Gasteiger charge is -2.48. The van der Waals surface area contributed by atoms with Crippen molar-refractivity contribution in [3.63, 3.8) is 0 Å². The normalized spacial score (nSPS) is 29.3. The van der Waals surface area contributed by atoms with Gasteiger partial charge in [-0.2, -0.15) is 0 Å². The van der Waals surface area contributed by atoms with Crippen LogP contribution in [0.1, 0.15) is 66.2 Å². The lowest BCUT2D eigenvalue weighted by atomic mass is 9.70. The van der Waals surface area contributed by atoms with Gasteiger partial charge in [0.25, 0.3) is 0 Å².